The molecule has 3 nitrogen and oxygen atoms in total. The molecule has 0 aromatic heterocycles. The number of morpholine rings is 1. The van der Waals surface area contributed by atoms with E-state index in [0.29, 0.717) is 12.0 Å². The van der Waals surface area contributed by atoms with Crippen LogP contribution in [0.4, 0.5) is 0 Å². The van der Waals surface area contributed by atoms with E-state index in [1.165, 1.54) is 11.1 Å². The Labute approximate surface area is 129 Å². The largest absolute Gasteiger partial charge is 0.379 e. The molecular weight excluding hydrogens is 260 g/mol. The smallest absolute Gasteiger partial charge is 0.0594 e. The van der Waals surface area contributed by atoms with Gasteiger partial charge in [0.15, 0.2) is 0 Å². The van der Waals surface area contributed by atoms with Gasteiger partial charge >= 0.3 is 0 Å². The molecule has 1 aliphatic heterocycles. The molecule has 0 saturated carbocycles. The minimum atomic E-state index is 0.0673. The lowest BCUT2D eigenvalue weighted by Gasteiger charge is -2.46. The summed E-state index contributed by atoms with van der Waals surface area (Å²) in [6, 6.07) is 9.40. The topological polar surface area (TPSA) is 24.5 Å². The van der Waals surface area contributed by atoms with E-state index in [0.717, 1.165) is 26.3 Å². The maximum Gasteiger partial charge on any atom is 0.0594 e. The van der Waals surface area contributed by atoms with Gasteiger partial charge in [-0.1, -0.05) is 38.1 Å². The van der Waals surface area contributed by atoms with Gasteiger partial charge in [0.25, 0.3) is 0 Å². The van der Waals surface area contributed by atoms with Crippen LogP contribution in [0.25, 0.3) is 0 Å². The summed E-state index contributed by atoms with van der Waals surface area (Å²) in [5.74, 6) is 0.583. The molecule has 0 radical (unpaired) electrons. The molecule has 1 heterocycles. The van der Waals surface area contributed by atoms with Crippen molar-refractivity contribution in [2.45, 2.75) is 45.2 Å². The van der Waals surface area contributed by atoms with Gasteiger partial charge in [-0.05, 0) is 37.9 Å². The van der Waals surface area contributed by atoms with Crippen molar-refractivity contribution < 1.29 is 4.74 Å². The summed E-state index contributed by atoms with van der Waals surface area (Å²) in [6.07, 6.45) is 0. The quantitative estimate of drug-likeness (QED) is 0.901. The number of hydrogen-bond donors (Lipinski definition) is 1. The number of likely N-dealkylation sites (N-methyl/N-ethyl adjacent to an activating group) is 1. The fraction of sp³-hybridized carbons (Fsp3) is 0.667. The highest BCUT2D eigenvalue weighted by atomic mass is 16.5. The summed E-state index contributed by atoms with van der Waals surface area (Å²) < 4.78 is 5.49. The molecule has 1 aromatic carbocycles. The van der Waals surface area contributed by atoms with E-state index >= 15 is 0 Å². The van der Waals surface area contributed by atoms with E-state index in [9.17, 15) is 0 Å². The molecular formula is C18H30N2O. The number of ether oxygens (including phenoxy) is 1. The van der Waals surface area contributed by atoms with Gasteiger partial charge in [-0.2, -0.15) is 0 Å². The van der Waals surface area contributed by atoms with Crippen molar-refractivity contribution in [1.29, 1.82) is 0 Å². The summed E-state index contributed by atoms with van der Waals surface area (Å²) >= 11 is 0. The minimum absolute atomic E-state index is 0.0673. The predicted octanol–water partition coefficient (Wildman–Crippen LogP) is 3.18. The normalized spacial score (nSPS) is 19.0. The van der Waals surface area contributed by atoms with Crippen molar-refractivity contribution in [3.05, 3.63) is 35.4 Å². The van der Waals surface area contributed by atoms with Crippen LogP contribution in [0.2, 0.25) is 0 Å². The molecule has 1 fully saturated rings. The van der Waals surface area contributed by atoms with Crippen LogP contribution in [0.5, 0.6) is 0 Å². The fourth-order valence-electron chi connectivity index (χ4n) is 3.32. The first-order chi connectivity index (χ1) is 9.96. The molecule has 2 rings (SSSR count). The van der Waals surface area contributed by atoms with E-state index in [2.05, 4.69) is 69.2 Å². The maximum absolute atomic E-state index is 5.49. The standard InChI is InChI=1S/C18H30N2O/c1-14(2)15-6-8-16(9-7-15)17(19-5)18(3,4)20-10-12-21-13-11-20/h6-9,14,17,19H,10-13H2,1-5H3. The van der Waals surface area contributed by atoms with Gasteiger partial charge < -0.3 is 10.1 Å². The van der Waals surface area contributed by atoms with Crippen LogP contribution >= 0.6 is 0 Å². The first-order valence-electron chi connectivity index (χ1n) is 8.06. The number of rotatable bonds is 5. The minimum Gasteiger partial charge on any atom is -0.379 e. The van der Waals surface area contributed by atoms with Gasteiger partial charge in [0.2, 0.25) is 0 Å². The Bertz CT molecular complexity index is 433. The molecule has 21 heavy (non-hydrogen) atoms. The predicted molar refractivity (Wildman–Crippen MR) is 88.8 cm³/mol. The van der Waals surface area contributed by atoms with Gasteiger partial charge in [0.05, 0.1) is 13.2 Å². The molecule has 0 bridgehead atoms. The number of nitrogens with zero attached hydrogens (tertiary/aromatic N) is 1. The summed E-state index contributed by atoms with van der Waals surface area (Å²) in [4.78, 5) is 2.54. The van der Waals surface area contributed by atoms with Crippen LogP contribution in [0.1, 0.15) is 50.8 Å². The Kier molecular flexibility index (Phi) is 5.42. The molecule has 0 amide bonds. The van der Waals surface area contributed by atoms with Crippen LogP contribution in [0, 0.1) is 0 Å². The SMILES string of the molecule is CNC(c1ccc(C(C)C)cc1)C(C)(C)N1CCOCC1. The average molecular weight is 290 g/mol. The van der Waals surface area contributed by atoms with E-state index in [1.54, 1.807) is 0 Å². The van der Waals surface area contributed by atoms with E-state index < -0.39 is 0 Å². The van der Waals surface area contributed by atoms with Crippen molar-refractivity contribution in [2.75, 3.05) is 33.4 Å². The van der Waals surface area contributed by atoms with Gasteiger partial charge in [0, 0.05) is 24.7 Å². The van der Waals surface area contributed by atoms with Gasteiger partial charge in [-0.3, -0.25) is 4.90 Å². The molecule has 1 unspecified atom stereocenters. The lowest BCUT2D eigenvalue weighted by Crippen LogP contribution is -2.55. The molecule has 1 aliphatic rings. The fourth-order valence-corrected chi connectivity index (χ4v) is 3.32. The van der Waals surface area contributed by atoms with Crippen molar-refractivity contribution in [1.82, 2.24) is 10.2 Å². The third-order valence-corrected chi connectivity index (χ3v) is 4.76. The Hall–Kier alpha value is -0.900. The van der Waals surface area contributed by atoms with Crippen LogP contribution in [0.3, 0.4) is 0 Å². The number of hydrogen-bond acceptors (Lipinski definition) is 3. The first kappa shape index (κ1) is 16.5. The molecule has 3 heteroatoms. The van der Waals surface area contributed by atoms with Crippen LogP contribution in [0.15, 0.2) is 24.3 Å². The van der Waals surface area contributed by atoms with Gasteiger partial charge in [-0.25, -0.2) is 0 Å². The zero-order valence-corrected chi connectivity index (χ0v) is 14.1. The molecule has 1 saturated heterocycles. The monoisotopic (exact) mass is 290 g/mol. The van der Waals surface area contributed by atoms with Crippen LogP contribution in [-0.4, -0.2) is 43.8 Å². The molecule has 1 atom stereocenters. The molecule has 118 valence electrons. The average Bonchev–Trinajstić information content (AvgIpc) is 2.49. The lowest BCUT2D eigenvalue weighted by atomic mass is 9.85. The number of benzene rings is 1. The summed E-state index contributed by atoms with van der Waals surface area (Å²) in [5.41, 5.74) is 2.83. The van der Waals surface area contributed by atoms with E-state index in [4.69, 9.17) is 4.74 Å². The second kappa shape index (κ2) is 6.91. The highest BCUT2D eigenvalue weighted by Crippen LogP contribution is 2.32. The maximum atomic E-state index is 5.49. The third kappa shape index (κ3) is 3.65. The zero-order valence-electron chi connectivity index (χ0n) is 14.1. The Balaban J connectivity index is 2.20. The third-order valence-electron chi connectivity index (χ3n) is 4.76. The van der Waals surface area contributed by atoms with Crippen molar-refractivity contribution in [3.8, 4) is 0 Å². The Morgan fingerprint density at radius 3 is 2.05 bits per heavy atom. The highest BCUT2D eigenvalue weighted by molar-refractivity contribution is 5.29. The van der Waals surface area contributed by atoms with Crippen molar-refractivity contribution >= 4 is 0 Å². The van der Waals surface area contributed by atoms with Crippen LogP contribution in [-0.2, 0) is 4.74 Å². The molecule has 1 aromatic rings. The number of nitrogens with one attached hydrogen (secondary N) is 1. The lowest BCUT2D eigenvalue weighted by molar-refractivity contribution is -0.0229. The highest BCUT2D eigenvalue weighted by Gasteiger charge is 2.36. The van der Waals surface area contributed by atoms with E-state index in [-0.39, 0.29) is 5.54 Å². The van der Waals surface area contributed by atoms with Gasteiger partial charge in [0.1, 0.15) is 0 Å². The van der Waals surface area contributed by atoms with E-state index in [1.807, 2.05) is 0 Å². The summed E-state index contributed by atoms with van der Waals surface area (Å²) in [5, 5.41) is 3.52. The summed E-state index contributed by atoms with van der Waals surface area (Å²) in [6.45, 7) is 12.8. The second-order valence-electron chi connectivity index (χ2n) is 6.80. The zero-order chi connectivity index (χ0) is 15.5. The van der Waals surface area contributed by atoms with Gasteiger partial charge in [-0.15, -0.1) is 0 Å². The second-order valence-corrected chi connectivity index (χ2v) is 6.80. The Morgan fingerprint density at radius 2 is 1.57 bits per heavy atom. The molecule has 0 aliphatic carbocycles. The van der Waals surface area contributed by atoms with Crippen molar-refractivity contribution in [3.63, 3.8) is 0 Å². The molecule has 0 spiro atoms. The van der Waals surface area contributed by atoms with Crippen LogP contribution < -0.4 is 5.32 Å². The summed E-state index contributed by atoms with van der Waals surface area (Å²) in [7, 11) is 2.06. The first-order valence-corrected chi connectivity index (χ1v) is 8.06. The molecule has 1 N–H and O–H groups in total. The van der Waals surface area contributed by atoms with Crippen molar-refractivity contribution in [2.24, 2.45) is 0 Å². The Morgan fingerprint density at radius 1 is 1.05 bits per heavy atom.